The van der Waals surface area contributed by atoms with Gasteiger partial charge in [0.15, 0.2) is 0 Å². The number of fused-ring (bicyclic) bond motifs is 1. The summed E-state index contributed by atoms with van der Waals surface area (Å²) in [7, 11) is 0. The van der Waals surface area contributed by atoms with Crippen molar-refractivity contribution in [3.8, 4) is 0 Å². The fourth-order valence-corrected chi connectivity index (χ4v) is 2.51. The van der Waals surface area contributed by atoms with E-state index >= 15 is 0 Å². The van der Waals surface area contributed by atoms with Crippen molar-refractivity contribution in [2.45, 2.75) is 39.7 Å². The van der Waals surface area contributed by atoms with Gasteiger partial charge in [-0.3, -0.25) is 0 Å². The van der Waals surface area contributed by atoms with Gasteiger partial charge in [-0.2, -0.15) is 0 Å². The first-order chi connectivity index (χ1) is 7.00. The molecule has 0 radical (unpaired) electrons. The Morgan fingerprint density at radius 1 is 1.13 bits per heavy atom. The van der Waals surface area contributed by atoms with Crippen molar-refractivity contribution in [2.24, 2.45) is 5.41 Å². The lowest BCUT2D eigenvalue weighted by Crippen LogP contribution is -2.39. The van der Waals surface area contributed by atoms with E-state index in [9.17, 15) is 0 Å². The average molecular weight is 203 g/mol. The molecule has 2 atom stereocenters. The molecule has 1 aromatic rings. The molecular weight excluding hydrogens is 182 g/mol. The highest BCUT2D eigenvalue weighted by atomic mass is 14.9. The van der Waals surface area contributed by atoms with Gasteiger partial charge in [0.25, 0.3) is 0 Å². The molecule has 1 nitrogen and oxygen atoms in total. The van der Waals surface area contributed by atoms with E-state index < -0.39 is 0 Å². The van der Waals surface area contributed by atoms with Crippen LogP contribution in [0.2, 0.25) is 0 Å². The zero-order valence-electron chi connectivity index (χ0n) is 10.2. The van der Waals surface area contributed by atoms with Crippen LogP contribution in [-0.4, -0.2) is 6.54 Å². The summed E-state index contributed by atoms with van der Waals surface area (Å²) in [6.45, 7) is 10.3. The lowest BCUT2D eigenvalue weighted by atomic mass is 9.76. The smallest absolute Gasteiger partial charge is 0.0372 e. The predicted molar refractivity (Wildman–Crippen MR) is 65.1 cm³/mol. The number of nitrogens with one attached hydrogen (secondary N) is 1. The first-order valence-electron chi connectivity index (χ1n) is 5.82. The Hall–Kier alpha value is -0.820. The number of rotatable bonds is 0. The molecule has 2 unspecified atom stereocenters. The summed E-state index contributed by atoms with van der Waals surface area (Å²) >= 11 is 0. The second kappa shape index (κ2) is 3.64. The third kappa shape index (κ3) is 1.93. The second-order valence-corrected chi connectivity index (χ2v) is 5.74. The van der Waals surface area contributed by atoms with Crippen LogP contribution in [0.4, 0.5) is 0 Å². The number of hydrogen-bond acceptors (Lipinski definition) is 1. The van der Waals surface area contributed by atoms with E-state index in [2.05, 4.69) is 57.3 Å². The number of hydrogen-bond donors (Lipinski definition) is 1. The topological polar surface area (TPSA) is 12.0 Å². The van der Waals surface area contributed by atoms with Gasteiger partial charge in [-0.05, 0) is 22.5 Å². The van der Waals surface area contributed by atoms with Gasteiger partial charge in [0.1, 0.15) is 0 Å². The van der Waals surface area contributed by atoms with E-state index in [1.807, 2.05) is 0 Å². The van der Waals surface area contributed by atoms with Crippen LogP contribution in [0.5, 0.6) is 0 Å². The molecule has 0 amide bonds. The second-order valence-electron chi connectivity index (χ2n) is 5.74. The molecule has 15 heavy (non-hydrogen) atoms. The highest BCUT2D eigenvalue weighted by molar-refractivity contribution is 5.36. The van der Waals surface area contributed by atoms with E-state index in [1.165, 1.54) is 11.1 Å². The predicted octanol–water partition coefficient (Wildman–Crippen LogP) is 3.48. The molecule has 0 aliphatic carbocycles. The minimum absolute atomic E-state index is 0.288. The van der Waals surface area contributed by atoms with Gasteiger partial charge in [0.2, 0.25) is 0 Å². The molecule has 0 spiro atoms. The van der Waals surface area contributed by atoms with Gasteiger partial charge in [0.05, 0.1) is 0 Å². The van der Waals surface area contributed by atoms with Gasteiger partial charge in [0, 0.05) is 12.6 Å². The van der Waals surface area contributed by atoms with Crippen LogP contribution in [0.15, 0.2) is 24.3 Å². The van der Waals surface area contributed by atoms with Crippen molar-refractivity contribution in [1.29, 1.82) is 0 Å². The molecule has 1 aliphatic rings. The molecule has 0 fully saturated rings. The SMILES string of the molecule is CC1CNC(C(C)(C)C)c2ccccc21. The minimum Gasteiger partial charge on any atom is -0.309 e. The standard InChI is InChI=1S/C14H21N/c1-10-9-15-13(14(2,3)4)12-8-6-5-7-11(10)12/h5-8,10,13,15H,9H2,1-4H3. The van der Waals surface area contributed by atoms with E-state index in [-0.39, 0.29) is 5.41 Å². The van der Waals surface area contributed by atoms with Crippen LogP contribution in [0, 0.1) is 5.41 Å². The first-order valence-corrected chi connectivity index (χ1v) is 5.82. The van der Waals surface area contributed by atoms with Crippen LogP contribution in [0.1, 0.15) is 50.8 Å². The van der Waals surface area contributed by atoms with Gasteiger partial charge in [-0.25, -0.2) is 0 Å². The Morgan fingerprint density at radius 2 is 1.73 bits per heavy atom. The summed E-state index contributed by atoms with van der Waals surface area (Å²) in [4.78, 5) is 0. The maximum absolute atomic E-state index is 3.66. The van der Waals surface area contributed by atoms with Gasteiger partial charge >= 0.3 is 0 Å². The van der Waals surface area contributed by atoms with Gasteiger partial charge < -0.3 is 5.32 Å². The molecule has 0 saturated carbocycles. The monoisotopic (exact) mass is 203 g/mol. The summed E-state index contributed by atoms with van der Waals surface area (Å²) in [6.07, 6.45) is 0. The lowest BCUT2D eigenvalue weighted by molar-refractivity contribution is 0.256. The third-order valence-electron chi connectivity index (χ3n) is 3.33. The molecule has 1 aromatic carbocycles. The molecule has 0 aromatic heterocycles. The van der Waals surface area contributed by atoms with Crippen LogP contribution in [0.25, 0.3) is 0 Å². The van der Waals surface area contributed by atoms with E-state index in [4.69, 9.17) is 0 Å². The zero-order valence-corrected chi connectivity index (χ0v) is 10.2. The Morgan fingerprint density at radius 3 is 2.33 bits per heavy atom. The van der Waals surface area contributed by atoms with Gasteiger partial charge in [-0.15, -0.1) is 0 Å². The third-order valence-corrected chi connectivity index (χ3v) is 3.33. The molecule has 0 bridgehead atoms. The summed E-state index contributed by atoms with van der Waals surface area (Å²) in [5.41, 5.74) is 3.30. The fourth-order valence-electron chi connectivity index (χ4n) is 2.51. The van der Waals surface area contributed by atoms with Crippen LogP contribution in [-0.2, 0) is 0 Å². The van der Waals surface area contributed by atoms with E-state index in [0.29, 0.717) is 12.0 Å². The minimum atomic E-state index is 0.288. The molecule has 1 heterocycles. The fraction of sp³-hybridized carbons (Fsp3) is 0.571. The largest absolute Gasteiger partial charge is 0.309 e. The molecule has 1 heteroatoms. The van der Waals surface area contributed by atoms with Crippen molar-refractivity contribution in [3.63, 3.8) is 0 Å². The zero-order chi connectivity index (χ0) is 11.1. The van der Waals surface area contributed by atoms with Crippen LogP contribution in [0.3, 0.4) is 0 Å². The molecule has 2 rings (SSSR count). The first kappa shape index (κ1) is 10.7. The van der Waals surface area contributed by atoms with Crippen molar-refractivity contribution in [3.05, 3.63) is 35.4 Å². The quantitative estimate of drug-likeness (QED) is 0.680. The van der Waals surface area contributed by atoms with Crippen LogP contribution >= 0.6 is 0 Å². The Labute approximate surface area is 92.9 Å². The van der Waals surface area contributed by atoms with Crippen molar-refractivity contribution >= 4 is 0 Å². The molecule has 82 valence electrons. The summed E-state index contributed by atoms with van der Waals surface area (Å²) < 4.78 is 0. The van der Waals surface area contributed by atoms with E-state index in [0.717, 1.165) is 6.54 Å². The molecular formula is C14H21N. The Balaban J connectivity index is 2.45. The summed E-state index contributed by atoms with van der Waals surface area (Å²) in [6, 6.07) is 9.34. The van der Waals surface area contributed by atoms with E-state index in [1.54, 1.807) is 0 Å². The van der Waals surface area contributed by atoms with Gasteiger partial charge in [-0.1, -0.05) is 52.0 Å². The van der Waals surface area contributed by atoms with Crippen LogP contribution < -0.4 is 5.32 Å². The number of benzene rings is 1. The molecule has 0 saturated heterocycles. The van der Waals surface area contributed by atoms with Crippen molar-refractivity contribution in [1.82, 2.24) is 5.32 Å². The molecule has 1 aliphatic heterocycles. The molecule has 1 N–H and O–H groups in total. The lowest BCUT2D eigenvalue weighted by Gasteiger charge is -2.39. The maximum Gasteiger partial charge on any atom is 0.0372 e. The Kier molecular flexibility index (Phi) is 2.59. The maximum atomic E-state index is 3.66. The highest BCUT2D eigenvalue weighted by Gasteiger charge is 2.31. The van der Waals surface area contributed by atoms with Crippen molar-refractivity contribution < 1.29 is 0 Å². The van der Waals surface area contributed by atoms with Crippen molar-refractivity contribution in [2.75, 3.05) is 6.54 Å². The average Bonchev–Trinajstić information content (AvgIpc) is 2.17. The normalized spacial score (nSPS) is 26.1. The summed E-state index contributed by atoms with van der Waals surface area (Å²) in [5.74, 6) is 0.639. The highest BCUT2D eigenvalue weighted by Crippen LogP contribution is 2.39. The summed E-state index contributed by atoms with van der Waals surface area (Å²) in [5, 5.41) is 3.66. The Bertz CT molecular complexity index is 349.